The predicted octanol–water partition coefficient (Wildman–Crippen LogP) is 6.73. The zero-order valence-corrected chi connectivity index (χ0v) is 20.6. The first kappa shape index (κ1) is 24.9. The topological polar surface area (TPSA) is 59.8 Å². The van der Waals surface area contributed by atoms with E-state index in [4.69, 9.17) is 34.8 Å². The number of amides is 1. The van der Waals surface area contributed by atoms with Crippen LogP contribution in [0.4, 0.5) is 10.1 Å². The minimum atomic E-state index is -0.290. The minimum absolute atomic E-state index is 0.0906. The molecule has 0 spiro atoms. The molecule has 32 heavy (non-hydrogen) atoms. The normalized spacial score (nSPS) is 10.9. The molecule has 0 atom stereocenters. The molecular formula is C21H18Cl3FN4OS2. The third-order valence-electron chi connectivity index (χ3n) is 4.12. The number of nitrogens with zero attached hydrogens (tertiary/aromatic N) is 3. The molecule has 0 saturated carbocycles. The molecule has 0 saturated heterocycles. The van der Waals surface area contributed by atoms with Gasteiger partial charge in [-0.15, -0.1) is 28.5 Å². The number of nitrogens with one attached hydrogen (secondary N) is 1. The van der Waals surface area contributed by atoms with E-state index in [1.807, 2.05) is 4.57 Å². The number of carbonyl (C=O) groups excluding carboxylic acids is 1. The first-order valence-electron chi connectivity index (χ1n) is 9.29. The molecule has 1 amide bonds. The van der Waals surface area contributed by atoms with Crippen LogP contribution in [-0.4, -0.2) is 26.4 Å². The number of anilines is 1. The van der Waals surface area contributed by atoms with Crippen LogP contribution in [-0.2, 0) is 22.8 Å². The molecular weight excluding hydrogens is 514 g/mol. The Morgan fingerprint density at radius 2 is 1.81 bits per heavy atom. The number of hydrogen-bond acceptors (Lipinski definition) is 5. The molecule has 0 fully saturated rings. The van der Waals surface area contributed by atoms with Crippen molar-refractivity contribution in [1.29, 1.82) is 0 Å². The Bertz CT molecular complexity index is 1090. The lowest BCUT2D eigenvalue weighted by Gasteiger charge is -2.10. The zero-order chi connectivity index (χ0) is 23.1. The van der Waals surface area contributed by atoms with Crippen LogP contribution in [0.1, 0.15) is 11.4 Å². The van der Waals surface area contributed by atoms with Gasteiger partial charge in [-0.1, -0.05) is 64.8 Å². The first-order valence-corrected chi connectivity index (χ1v) is 12.6. The number of aromatic nitrogens is 3. The van der Waals surface area contributed by atoms with Crippen molar-refractivity contribution in [1.82, 2.24) is 14.8 Å². The lowest BCUT2D eigenvalue weighted by atomic mass is 10.2. The second-order valence-electron chi connectivity index (χ2n) is 6.50. The van der Waals surface area contributed by atoms with E-state index in [0.29, 0.717) is 33.9 Å². The van der Waals surface area contributed by atoms with E-state index in [9.17, 15) is 9.18 Å². The lowest BCUT2D eigenvalue weighted by Crippen LogP contribution is -2.15. The highest BCUT2D eigenvalue weighted by Crippen LogP contribution is 2.34. The van der Waals surface area contributed by atoms with E-state index in [1.165, 1.54) is 36.0 Å². The summed E-state index contributed by atoms with van der Waals surface area (Å²) in [6, 6.07) is 9.43. The number of allylic oxidation sites excluding steroid dienone is 1. The van der Waals surface area contributed by atoms with Crippen LogP contribution in [0.3, 0.4) is 0 Å². The summed E-state index contributed by atoms with van der Waals surface area (Å²) >= 11 is 21.0. The van der Waals surface area contributed by atoms with Crippen molar-refractivity contribution < 1.29 is 9.18 Å². The number of rotatable bonds is 10. The van der Waals surface area contributed by atoms with Crippen LogP contribution in [0.5, 0.6) is 0 Å². The SMILES string of the molecule is C=CCn1c(CSCc2ccc(F)cc2)nnc1SCC(=O)Nc1c(Cl)cc(Cl)cc1Cl. The van der Waals surface area contributed by atoms with Crippen molar-refractivity contribution in [2.24, 2.45) is 0 Å². The summed E-state index contributed by atoms with van der Waals surface area (Å²) in [5, 5.41) is 12.7. The summed E-state index contributed by atoms with van der Waals surface area (Å²) < 4.78 is 14.9. The van der Waals surface area contributed by atoms with E-state index >= 15 is 0 Å². The number of benzene rings is 2. The highest BCUT2D eigenvalue weighted by Gasteiger charge is 2.16. The molecule has 11 heteroatoms. The summed E-state index contributed by atoms with van der Waals surface area (Å²) in [5.41, 5.74) is 1.34. The Labute approximate surface area is 208 Å². The van der Waals surface area contributed by atoms with Crippen molar-refractivity contribution in [3.05, 3.63) is 81.3 Å². The Morgan fingerprint density at radius 3 is 2.47 bits per heavy atom. The van der Waals surface area contributed by atoms with E-state index in [1.54, 1.807) is 30.0 Å². The van der Waals surface area contributed by atoms with Crippen molar-refractivity contribution in [3.8, 4) is 0 Å². The van der Waals surface area contributed by atoms with E-state index < -0.39 is 0 Å². The van der Waals surface area contributed by atoms with Gasteiger partial charge in [-0.05, 0) is 29.8 Å². The van der Waals surface area contributed by atoms with Crippen LogP contribution in [0.25, 0.3) is 0 Å². The van der Waals surface area contributed by atoms with Gasteiger partial charge in [0.05, 0.1) is 27.2 Å². The maximum atomic E-state index is 13.0. The second kappa shape index (κ2) is 12.0. The summed E-state index contributed by atoms with van der Waals surface area (Å²) in [7, 11) is 0. The van der Waals surface area contributed by atoms with Crippen LogP contribution >= 0.6 is 58.3 Å². The number of hydrogen-bond donors (Lipinski definition) is 1. The van der Waals surface area contributed by atoms with Gasteiger partial charge in [-0.25, -0.2) is 4.39 Å². The van der Waals surface area contributed by atoms with Gasteiger partial charge in [0.2, 0.25) is 5.91 Å². The maximum absolute atomic E-state index is 13.0. The first-order chi connectivity index (χ1) is 15.4. The second-order valence-corrected chi connectivity index (χ2v) is 9.68. The average molecular weight is 532 g/mol. The van der Waals surface area contributed by atoms with Crippen molar-refractivity contribution in [3.63, 3.8) is 0 Å². The molecule has 168 valence electrons. The average Bonchev–Trinajstić information content (AvgIpc) is 3.12. The smallest absolute Gasteiger partial charge is 0.234 e. The molecule has 0 bridgehead atoms. The minimum Gasteiger partial charge on any atom is -0.323 e. The quantitative estimate of drug-likeness (QED) is 0.232. The Kier molecular flexibility index (Phi) is 9.31. The van der Waals surface area contributed by atoms with Crippen molar-refractivity contribution in [2.75, 3.05) is 11.1 Å². The third-order valence-corrected chi connectivity index (χ3v) is 6.90. The molecule has 0 aliphatic carbocycles. The fraction of sp³-hybridized carbons (Fsp3) is 0.190. The van der Waals surface area contributed by atoms with E-state index in [0.717, 1.165) is 11.4 Å². The van der Waals surface area contributed by atoms with Crippen LogP contribution in [0.2, 0.25) is 15.1 Å². The highest BCUT2D eigenvalue weighted by atomic mass is 35.5. The molecule has 2 aromatic carbocycles. The Morgan fingerprint density at radius 1 is 1.12 bits per heavy atom. The van der Waals surface area contributed by atoms with E-state index in [-0.39, 0.29) is 27.5 Å². The van der Waals surface area contributed by atoms with Gasteiger partial charge in [0, 0.05) is 17.3 Å². The molecule has 1 N–H and O–H groups in total. The lowest BCUT2D eigenvalue weighted by molar-refractivity contribution is -0.113. The van der Waals surface area contributed by atoms with Crippen molar-refractivity contribution >= 4 is 69.9 Å². The number of thioether (sulfide) groups is 2. The molecule has 1 aromatic heterocycles. The van der Waals surface area contributed by atoms with Crippen LogP contribution < -0.4 is 5.32 Å². The van der Waals surface area contributed by atoms with Crippen LogP contribution in [0, 0.1) is 5.82 Å². The molecule has 1 heterocycles. The predicted molar refractivity (Wildman–Crippen MR) is 132 cm³/mol. The van der Waals surface area contributed by atoms with Gasteiger partial charge in [0.25, 0.3) is 0 Å². The van der Waals surface area contributed by atoms with E-state index in [2.05, 4.69) is 22.1 Å². The van der Waals surface area contributed by atoms with Gasteiger partial charge in [0.15, 0.2) is 5.16 Å². The summed E-state index contributed by atoms with van der Waals surface area (Å²) in [4.78, 5) is 12.4. The number of carbonyl (C=O) groups is 1. The molecule has 0 aliphatic rings. The Hall–Kier alpha value is -1.71. The summed E-state index contributed by atoms with van der Waals surface area (Å²) in [6.45, 7) is 4.30. The van der Waals surface area contributed by atoms with Gasteiger partial charge in [0.1, 0.15) is 11.6 Å². The fourth-order valence-corrected chi connectivity index (χ4v) is 5.26. The van der Waals surface area contributed by atoms with Gasteiger partial charge in [-0.3, -0.25) is 4.79 Å². The molecule has 0 radical (unpaired) electrons. The fourth-order valence-electron chi connectivity index (χ4n) is 2.65. The monoisotopic (exact) mass is 530 g/mol. The summed E-state index contributed by atoms with van der Waals surface area (Å²) in [5.74, 6) is 1.64. The largest absolute Gasteiger partial charge is 0.323 e. The molecule has 3 aromatic rings. The van der Waals surface area contributed by atoms with Gasteiger partial charge >= 0.3 is 0 Å². The maximum Gasteiger partial charge on any atom is 0.234 e. The molecule has 5 nitrogen and oxygen atoms in total. The van der Waals surface area contributed by atoms with Crippen molar-refractivity contribution in [2.45, 2.75) is 23.2 Å². The number of halogens is 4. The highest BCUT2D eigenvalue weighted by molar-refractivity contribution is 7.99. The third kappa shape index (κ3) is 6.89. The molecule has 0 aliphatic heterocycles. The summed E-state index contributed by atoms with van der Waals surface area (Å²) in [6.07, 6.45) is 1.74. The standard InChI is InChI=1S/C21H18Cl3FN4OS2/c1-2-7-29-18(11-31-10-13-3-5-15(25)6-4-13)27-28-21(29)32-12-19(30)26-20-16(23)8-14(22)9-17(20)24/h2-6,8-9H,1,7,10-12H2,(H,26,30). The van der Waals surface area contributed by atoms with Crippen LogP contribution in [0.15, 0.2) is 54.2 Å². The Balaban J connectivity index is 1.59. The molecule has 3 rings (SSSR count). The molecule has 0 unspecified atom stereocenters. The van der Waals surface area contributed by atoms with Gasteiger partial charge < -0.3 is 9.88 Å². The van der Waals surface area contributed by atoms with Gasteiger partial charge in [-0.2, -0.15) is 0 Å². The zero-order valence-electron chi connectivity index (χ0n) is 16.7.